The smallest absolute Gasteiger partial charge is 0.173 e. The molecule has 0 radical (unpaired) electrons. The van der Waals surface area contributed by atoms with Gasteiger partial charge in [0.1, 0.15) is 11.6 Å². The van der Waals surface area contributed by atoms with Crippen molar-refractivity contribution in [3.63, 3.8) is 0 Å². The molecule has 1 aromatic heterocycles. The van der Waals surface area contributed by atoms with Gasteiger partial charge in [-0.1, -0.05) is 42.5 Å². The molecule has 0 bridgehead atoms. The minimum atomic E-state index is -0.214. The molecular weight excluding hydrogens is 443 g/mol. The average Bonchev–Trinajstić information content (AvgIpc) is 3.37. The minimum Gasteiger partial charge on any atom is -0.497 e. The van der Waals surface area contributed by atoms with Crippen molar-refractivity contribution in [2.24, 2.45) is 0 Å². The molecule has 0 spiro atoms. The van der Waals surface area contributed by atoms with E-state index in [0.29, 0.717) is 6.54 Å². The molecule has 4 aromatic rings. The van der Waals surface area contributed by atoms with Gasteiger partial charge in [-0.2, -0.15) is 0 Å². The van der Waals surface area contributed by atoms with Crippen LogP contribution in [0.1, 0.15) is 23.0 Å². The van der Waals surface area contributed by atoms with E-state index in [1.54, 1.807) is 7.11 Å². The number of hydrogen-bond donors (Lipinski definition) is 0. The number of aryl methyl sites for hydroxylation is 2. The van der Waals surface area contributed by atoms with Crippen molar-refractivity contribution in [3.8, 4) is 5.75 Å². The van der Waals surface area contributed by atoms with E-state index in [2.05, 4.69) is 61.7 Å². The lowest BCUT2D eigenvalue weighted by molar-refractivity contribution is 0.200. The number of halogens is 1. The van der Waals surface area contributed by atoms with E-state index >= 15 is 0 Å². The van der Waals surface area contributed by atoms with Gasteiger partial charge in [-0.3, -0.25) is 4.90 Å². The van der Waals surface area contributed by atoms with E-state index in [1.165, 1.54) is 17.7 Å². The summed E-state index contributed by atoms with van der Waals surface area (Å²) < 4.78 is 20.7. The van der Waals surface area contributed by atoms with Gasteiger partial charge in [-0.25, -0.2) is 9.07 Å². The molecule has 3 aromatic carbocycles. The Morgan fingerprint density at radius 2 is 1.60 bits per heavy atom. The number of benzene rings is 3. The van der Waals surface area contributed by atoms with Gasteiger partial charge in [0.2, 0.25) is 0 Å². The highest BCUT2D eigenvalue weighted by atomic mass is 19.1. The lowest BCUT2D eigenvalue weighted by Gasteiger charge is -2.40. The first-order valence-electron chi connectivity index (χ1n) is 11.9. The molecule has 8 heteroatoms. The molecule has 1 fully saturated rings. The second kappa shape index (κ2) is 10.7. The number of piperazine rings is 1. The largest absolute Gasteiger partial charge is 0.497 e. The van der Waals surface area contributed by atoms with Gasteiger partial charge in [-0.15, -0.1) is 5.10 Å². The van der Waals surface area contributed by atoms with Gasteiger partial charge >= 0.3 is 0 Å². The summed E-state index contributed by atoms with van der Waals surface area (Å²) in [5, 5.41) is 12.9. The number of aromatic nitrogens is 4. The summed E-state index contributed by atoms with van der Waals surface area (Å²) in [7, 11) is 1.67. The van der Waals surface area contributed by atoms with Crippen LogP contribution in [0.5, 0.6) is 5.75 Å². The maximum atomic E-state index is 13.4. The molecule has 180 valence electrons. The Balaban J connectivity index is 1.38. The molecule has 1 saturated heterocycles. The lowest BCUT2D eigenvalue weighted by Crippen LogP contribution is -2.48. The van der Waals surface area contributed by atoms with Crippen LogP contribution in [-0.4, -0.2) is 58.4 Å². The third-order valence-electron chi connectivity index (χ3n) is 6.56. The predicted molar refractivity (Wildman–Crippen MR) is 133 cm³/mol. The maximum absolute atomic E-state index is 13.4. The summed E-state index contributed by atoms with van der Waals surface area (Å²) in [6, 6.07) is 25.2. The Hall–Kier alpha value is -3.78. The highest BCUT2D eigenvalue weighted by Gasteiger charge is 2.30. The molecule has 35 heavy (non-hydrogen) atoms. The summed E-state index contributed by atoms with van der Waals surface area (Å²) in [6.07, 6.45) is 0.854. The number of methoxy groups -OCH3 is 1. The highest BCUT2D eigenvalue weighted by Crippen LogP contribution is 2.30. The Bertz CT molecular complexity index is 1200. The fraction of sp³-hybridized carbons (Fsp3) is 0.296. The van der Waals surface area contributed by atoms with E-state index in [1.807, 2.05) is 35.0 Å². The number of tetrazole rings is 1. The quantitative estimate of drug-likeness (QED) is 0.387. The lowest BCUT2D eigenvalue weighted by atomic mass is 10.0. The van der Waals surface area contributed by atoms with Crippen LogP contribution >= 0.6 is 0 Å². The second-order valence-corrected chi connectivity index (χ2v) is 8.67. The standard InChI is InChI=1S/C27H29FN6O/c1-35-25-13-7-22(8-14-25)26(27-29-30-31-34(27)16-15-21-5-3-2-4-6-21)33-19-17-32(18-20-33)24-11-9-23(28)10-12-24/h2-14,26H,15-20H2,1H3/t26-/m1/s1. The maximum Gasteiger partial charge on any atom is 0.173 e. The molecule has 1 atom stereocenters. The Labute approximate surface area is 204 Å². The van der Waals surface area contributed by atoms with Crippen LogP contribution in [0, 0.1) is 5.82 Å². The second-order valence-electron chi connectivity index (χ2n) is 8.67. The molecule has 0 N–H and O–H groups in total. The molecule has 0 saturated carbocycles. The molecule has 0 unspecified atom stereocenters. The first kappa shape index (κ1) is 23.0. The van der Waals surface area contributed by atoms with Crippen molar-refractivity contribution >= 4 is 5.69 Å². The van der Waals surface area contributed by atoms with Crippen LogP contribution in [0.4, 0.5) is 10.1 Å². The van der Waals surface area contributed by atoms with Gasteiger partial charge in [0.05, 0.1) is 13.2 Å². The average molecular weight is 473 g/mol. The molecule has 1 aliphatic heterocycles. The first-order valence-corrected chi connectivity index (χ1v) is 11.9. The summed E-state index contributed by atoms with van der Waals surface area (Å²) in [6.45, 7) is 4.04. The molecule has 0 aliphatic carbocycles. The first-order chi connectivity index (χ1) is 17.2. The minimum absolute atomic E-state index is 0.0814. The zero-order valence-electron chi connectivity index (χ0n) is 19.8. The molecule has 0 amide bonds. The van der Waals surface area contributed by atoms with Crippen LogP contribution in [-0.2, 0) is 13.0 Å². The normalized spacial score (nSPS) is 15.2. The monoisotopic (exact) mass is 472 g/mol. The van der Waals surface area contributed by atoms with Gasteiger partial charge < -0.3 is 9.64 Å². The van der Waals surface area contributed by atoms with Crippen LogP contribution in [0.3, 0.4) is 0 Å². The van der Waals surface area contributed by atoms with Gasteiger partial charge in [0, 0.05) is 38.4 Å². The van der Waals surface area contributed by atoms with Crippen molar-refractivity contribution in [2.75, 3.05) is 38.2 Å². The van der Waals surface area contributed by atoms with E-state index < -0.39 is 0 Å². The van der Waals surface area contributed by atoms with Gasteiger partial charge in [0.25, 0.3) is 0 Å². The molecule has 7 nitrogen and oxygen atoms in total. The SMILES string of the molecule is COc1ccc([C@H](c2nnnn2CCc2ccccc2)N2CCN(c3ccc(F)cc3)CC2)cc1. The van der Waals surface area contributed by atoms with Crippen molar-refractivity contribution in [2.45, 2.75) is 19.0 Å². The third-order valence-corrected chi connectivity index (χ3v) is 6.56. The molecule has 5 rings (SSSR count). The van der Waals surface area contributed by atoms with E-state index in [9.17, 15) is 4.39 Å². The Morgan fingerprint density at radius 3 is 2.29 bits per heavy atom. The van der Waals surface area contributed by atoms with Gasteiger partial charge in [0.15, 0.2) is 5.82 Å². The van der Waals surface area contributed by atoms with E-state index in [-0.39, 0.29) is 11.9 Å². The summed E-state index contributed by atoms with van der Waals surface area (Å²) >= 11 is 0. The fourth-order valence-corrected chi connectivity index (χ4v) is 4.65. The zero-order valence-corrected chi connectivity index (χ0v) is 19.8. The number of nitrogens with zero attached hydrogens (tertiary/aromatic N) is 6. The number of rotatable bonds is 8. The van der Waals surface area contributed by atoms with Crippen LogP contribution in [0.2, 0.25) is 0 Å². The Morgan fingerprint density at radius 1 is 0.886 bits per heavy atom. The number of anilines is 1. The predicted octanol–water partition coefficient (Wildman–Crippen LogP) is 3.98. The molecule has 1 aliphatic rings. The summed E-state index contributed by atoms with van der Waals surface area (Å²) in [5.74, 6) is 1.44. The van der Waals surface area contributed by atoms with E-state index in [0.717, 1.165) is 55.4 Å². The van der Waals surface area contributed by atoms with Crippen molar-refractivity contribution < 1.29 is 9.13 Å². The van der Waals surface area contributed by atoms with Gasteiger partial charge in [-0.05, 0) is 64.4 Å². The zero-order chi connectivity index (χ0) is 24.0. The van der Waals surface area contributed by atoms with Crippen molar-refractivity contribution in [1.82, 2.24) is 25.1 Å². The Kier molecular flexibility index (Phi) is 6.99. The topological polar surface area (TPSA) is 59.3 Å². The third kappa shape index (κ3) is 5.33. The number of hydrogen-bond acceptors (Lipinski definition) is 6. The van der Waals surface area contributed by atoms with E-state index in [4.69, 9.17) is 4.74 Å². The fourth-order valence-electron chi connectivity index (χ4n) is 4.65. The number of ether oxygens (including phenoxy) is 1. The highest BCUT2D eigenvalue weighted by molar-refractivity contribution is 5.47. The van der Waals surface area contributed by atoms with Crippen molar-refractivity contribution in [3.05, 3.63) is 102 Å². The van der Waals surface area contributed by atoms with Crippen LogP contribution in [0.25, 0.3) is 0 Å². The summed E-state index contributed by atoms with van der Waals surface area (Å²) in [4.78, 5) is 4.71. The van der Waals surface area contributed by atoms with Crippen molar-refractivity contribution in [1.29, 1.82) is 0 Å². The summed E-state index contributed by atoms with van der Waals surface area (Å²) in [5.41, 5.74) is 3.42. The molecule has 2 heterocycles. The molecular formula is C27H29FN6O. The van der Waals surface area contributed by atoms with Crippen LogP contribution in [0.15, 0.2) is 78.9 Å². The van der Waals surface area contributed by atoms with Crippen LogP contribution < -0.4 is 9.64 Å².